The fourth-order valence-electron chi connectivity index (χ4n) is 3.87. The molecule has 3 rings (SSSR count). The lowest BCUT2D eigenvalue weighted by Gasteiger charge is -2.31. The third kappa shape index (κ3) is 5.02. The van der Waals surface area contributed by atoms with Crippen LogP contribution in [0.1, 0.15) is 40.0 Å². The fourth-order valence-corrected chi connectivity index (χ4v) is 3.87. The second kappa shape index (κ2) is 9.87. The van der Waals surface area contributed by atoms with Crippen LogP contribution >= 0.6 is 0 Å². The molecule has 0 spiro atoms. The van der Waals surface area contributed by atoms with E-state index in [0.29, 0.717) is 25.1 Å². The molecular formula is C23H31N5O3. The van der Waals surface area contributed by atoms with Crippen molar-refractivity contribution in [2.45, 2.75) is 58.2 Å². The Labute approximate surface area is 182 Å². The van der Waals surface area contributed by atoms with Crippen molar-refractivity contribution in [3.8, 4) is 0 Å². The van der Waals surface area contributed by atoms with Gasteiger partial charge in [0.25, 0.3) is 0 Å². The molecule has 31 heavy (non-hydrogen) atoms. The van der Waals surface area contributed by atoms with E-state index >= 15 is 0 Å². The number of rotatable bonds is 7. The van der Waals surface area contributed by atoms with Gasteiger partial charge >= 0.3 is 0 Å². The molecule has 0 saturated carbocycles. The smallest absolute Gasteiger partial charge is 0.247 e. The van der Waals surface area contributed by atoms with E-state index in [1.807, 2.05) is 51.1 Å². The zero-order valence-electron chi connectivity index (χ0n) is 18.3. The number of fused-ring (bicyclic) bond motifs is 1. The molecule has 1 aliphatic heterocycles. The minimum absolute atomic E-state index is 0.131. The summed E-state index contributed by atoms with van der Waals surface area (Å²) in [6, 6.07) is 7.30. The highest BCUT2D eigenvalue weighted by Crippen LogP contribution is 2.25. The predicted molar refractivity (Wildman–Crippen MR) is 120 cm³/mol. The van der Waals surface area contributed by atoms with Crippen molar-refractivity contribution in [1.82, 2.24) is 15.2 Å². The van der Waals surface area contributed by atoms with Crippen LogP contribution in [0.3, 0.4) is 0 Å². The standard InChI is InChI=1S/C23H31N5O3/c1-4-16(24)21(29)27-20(14(2)3)23(31)28-13-7-11-19(28)22(30)26-18-10-5-9-17-15(18)8-6-12-25-17/h5-6,8-10,12,14,16,19-20H,4,7,11,13,24H2,1-3H3,(H,26,30)(H,27,29)/t16-,19-,20-/m0/s1. The van der Waals surface area contributed by atoms with E-state index in [1.54, 1.807) is 11.1 Å². The average Bonchev–Trinajstić information content (AvgIpc) is 3.26. The summed E-state index contributed by atoms with van der Waals surface area (Å²) < 4.78 is 0. The molecule has 4 N–H and O–H groups in total. The van der Waals surface area contributed by atoms with Gasteiger partial charge in [-0.3, -0.25) is 19.4 Å². The summed E-state index contributed by atoms with van der Waals surface area (Å²) in [5.41, 5.74) is 7.27. The van der Waals surface area contributed by atoms with E-state index in [2.05, 4.69) is 15.6 Å². The normalized spacial score (nSPS) is 18.1. The predicted octanol–water partition coefficient (Wildman–Crippen LogP) is 2.04. The van der Waals surface area contributed by atoms with Crippen molar-refractivity contribution in [2.75, 3.05) is 11.9 Å². The molecule has 3 atom stereocenters. The number of pyridine rings is 1. The Morgan fingerprint density at radius 2 is 2.00 bits per heavy atom. The van der Waals surface area contributed by atoms with Crippen LogP contribution in [0.25, 0.3) is 10.9 Å². The second-order valence-electron chi connectivity index (χ2n) is 8.30. The maximum atomic E-state index is 13.3. The summed E-state index contributed by atoms with van der Waals surface area (Å²) in [5, 5.41) is 6.59. The largest absolute Gasteiger partial charge is 0.343 e. The van der Waals surface area contributed by atoms with Crippen LogP contribution in [-0.4, -0.2) is 52.3 Å². The number of carbonyl (C=O) groups excluding carboxylic acids is 3. The van der Waals surface area contributed by atoms with Gasteiger partial charge in [-0.2, -0.15) is 0 Å². The van der Waals surface area contributed by atoms with Gasteiger partial charge < -0.3 is 21.3 Å². The Balaban J connectivity index is 1.76. The van der Waals surface area contributed by atoms with Crippen LogP contribution in [0.4, 0.5) is 5.69 Å². The first-order valence-electron chi connectivity index (χ1n) is 10.8. The highest BCUT2D eigenvalue weighted by Gasteiger charge is 2.39. The molecule has 1 saturated heterocycles. The van der Waals surface area contributed by atoms with Gasteiger partial charge in [-0.1, -0.05) is 26.8 Å². The Bertz CT molecular complexity index is 956. The van der Waals surface area contributed by atoms with Crippen molar-refractivity contribution in [1.29, 1.82) is 0 Å². The number of amides is 3. The molecule has 1 fully saturated rings. The van der Waals surface area contributed by atoms with Gasteiger partial charge in [0, 0.05) is 18.1 Å². The molecule has 2 heterocycles. The number of nitrogens with two attached hydrogens (primary N) is 1. The van der Waals surface area contributed by atoms with Gasteiger partial charge in [0.2, 0.25) is 17.7 Å². The van der Waals surface area contributed by atoms with Crippen LogP contribution in [0.5, 0.6) is 0 Å². The van der Waals surface area contributed by atoms with E-state index in [0.717, 1.165) is 17.3 Å². The lowest BCUT2D eigenvalue weighted by atomic mass is 10.0. The lowest BCUT2D eigenvalue weighted by Crippen LogP contribution is -2.56. The van der Waals surface area contributed by atoms with Crippen LogP contribution < -0.4 is 16.4 Å². The molecule has 166 valence electrons. The molecule has 0 radical (unpaired) electrons. The molecule has 8 nitrogen and oxygen atoms in total. The summed E-state index contributed by atoms with van der Waals surface area (Å²) in [6.45, 7) is 6.04. The van der Waals surface area contributed by atoms with Gasteiger partial charge in [0.1, 0.15) is 12.1 Å². The highest BCUT2D eigenvalue weighted by molar-refractivity contribution is 6.04. The Morgan fingerprint density at radius 3 is 2.71 bits per heavy atom. The van der Waals surface area contributed by atoms with E-state index in [-0.39, 0.29) is 23.6 Å². The Morgan fingerprint density at radius 1 is 1.23 bits per heavy atom. The molecule has 3 amide bonds. The number of anilines is 1. The molecule has 0 unspecified atom stereocenters. The first kappa shape index (κ1) is 22.7. The van der Waals surface area contributed by atoms with Crippen LogP contribution in [0, 0.1) is 5.92 Å². The zero-order valence-corrected chi connectivity index (χ0v) is 18.3. The van der Waals surface area contributed by atoms with E-state index in [4.69, 9.17) is 5.73 Å². The van der Waals surface area contributed by atoms with Crippen molar-refractivity contribution in [2.24, 2.45) is 11.7 Å². The molecule has 0 aliphatic carbocycles. The number of hydrogen-bond acceptors (Lipinski definition) is 5. The average molecular weight is 426 g/mol. The van der Waals surface area contributed by atoms with Gasteiger partial charge in [-0.05, 0) is 49.4 Å². The number of aromatic nitrogens is 1. The van der Waals surface area contributed by atoms with Crippen molar-refractivity contribution >= 4 is 34.3 Å². The van der Waals surface area contributed by atoms with Crippen molar-refractivity contribution in [3.05, 3.63) is 36.5 Å². The first-order chi connectivity index (χ1) is 14.8. The molecule has 8 heteroatoms. The SMILES string of the molecule is CC[C@H](N)C(=O)N[C@H](C(=O)N1CCC[C@H]1C(=O)Nc1cccc2ncccc12)C(C)C. The first-order valence-corrected chi connectivity index (χ1v) is 10.8. The molecule has 1 aromatic carbocycles. The molecule has 1 aromatic heterocycles. The minimum Gasteiger partial charge on any atom is -0.343 e. The van der Waals surface area contributed by atoms with E-state index in [1.165, 1.54) is 0 Å². The summed E-state index contributed by atoms with van der Waals surface area (Å²) in [6.07, 6.45) is 3.50. The monoisotopic (exact) mass is 425 g/mol. The lowest BCUT2D eigenvalue weighted by molar-refractivity contribution is -0.141. The van der Waals surface area contributed by atoms with Crippen LogP contribution in [-0.2, 0) is 14.4 Å². The highest BCUT2D eigenvalue weighted by atomic mass is 16.2. The zero-order chi connectivity index (χ0) is 22.5. The topological polar surface area (TPSA) is 117 Å². The van der Waals surface area contributed by atoms with Gasteiger partial charge in [0.15, 0.2) is 0 Å². The summed E-state index contributed by atoms with van der Waals surface area (Å²) in [5.74, 6) is -0.961. The number of benzene rings is 1. The summed E-state index contributed by atoms with van der Waals surface area (Å²) >= 11 is 0. The van der Waals surface area contributed by atoms with Gasteiger partial charge in [0.05, 0.1) is 17.2 Å². The van der Waals surface area contributed by atoms with Crippen LogP contribution in [0.2, 0.25) is 0 Å². The maximum Gasteiger partial charge on any atom is 0.247 e. The Kier molecular flexibility index (Phi) is 7.22. The number of nitrogens with one attached hydrogen (secondary N) is 2. The quantitative estimate of drug-likeness (QED) is 0.628. The molecule has 2 aromatic rings. The Hall–Kier alpha value is -3.00. The molecular weight excluding hydrogens is 394 g/mol. The third-order valence-electron chi connectivity index (χ3n) is 5.75. The fraction of sp³-hybridized carbons (Fsp3) is 0.478. The minimum atomic E-state index is -0.722. The number of nitrogens with zero attached hydrogens (tertiary/aromatic N) is 2. The summed E-state index contributed by atoms with van der Waals surface area (Å²) in [7, 11) is 0. The van der Waals surface area contributed by atoms with Gasteiger partial charge in [-0.25, -0.2) is 0 Å². The van der Waals surface area contributed by atoms with E-state index in [9.17, 15) is 14.4 Å². The third-order valence-corrected chi connectivity index (χ3v) is 5.75. The van der Waals surface area contributed by atoms with Gasteiger partial charge in [-0.15, -0.1) is 0 Å². The van der Waals surface area contributed by atoms with Crippen molar-refractivity contribution < 1.29 is 14.4 Å². The maximum absolute atomic E-state index is 13.3. The van der Waals surface area contributed by atoms with E-state index < -0.39 is 18.1 Å². The summed E-state index contributed by atoms with van der Waals surface area (Å²) in [4.78, 5) is 44.6. The number of hydrogen-bond donors (Lipinski definition) is 3. The number of carbonyl (C=O) groups is 3. The van der Waals surface area contributed by atoms with Crippen molar-refractivity contribution in [3.63, 3.8) is 0 Å². The molecule has 0 bridgehead atoms. The van der Waals surface area contributed by atoms with Crippen LogP contribution in [0.15, 0.2) is 36.5 Å². The molecule has 1 aliphatic rings. The second-order valence-corrected chi connectivity index (χ2v) is 8.30. The number of likely N-dealkylation sites (tertiary alicyclic amines) is 1.